The van der Waals surface area contributed by atoms with E-state index in [1.54, 1.807) is 0 Å². The van der Waals surface area contributed by atoms with Crippen molar-refractivity contribution in [2.24, 2.45) is 0 Å². The second-order valence-electron chi connectivity index (χ2n) is 6.84. The molecule has 0 aliphatic carbocycles. The highest BCUT2D eigenvalue weighted by molar-refractivity contribution is 8.00. The summed E-state index contributed by atoms with van der Waals surface area (Å²) < 4.78 is 10.4. The lowest BCUT2D eigenvalue weighted by molar-refractivity contribution is -0.327. The van der Waals surface area contributed by atoms with E-state index < -0.39 is 85.7 Å². The molecule has 170 valence electrons. The standard InChI is InChI=1S/C15H27NO12S/c17-1-5(19)12(9(22)10(23)13-16-4(3-29-13)14(25)26)28-15-11(24)8(21)7(20)6(2-18)27-15/h4-13,15-24H,1-3H2,(H,25,26)/t4?,5?,6-,7-,8+,9?,10?,11-,12?,13?,15?/m1/s1. The van der Waals surface area contributed by atoms with Crippen molar-refractivity contribution in [1.29, 1.82) is 0 Å². The van der Waals surface area contributed by atoms with E-state index in [9.17, 15) is 45.6 Å². The summed E-state index contributed by atoms with van der Waals surface area (Å²) in [7, 11) is 0. The number of rotatable bonds is 9. The third-order valence-electron chi connectivity index (χ3n) is 4.81. The average Bonchev–Trinajstić information content (AvgIpc) is 3.20. The minimum absolute atomic E-state index is 0.116. The molecule has 14 heteroatoms. The normalized spacial score (nSPS) is 39.7. The second-order valence-corrected chi connectivity index (χ2v) is 8.02. The maximum atomic E-state index is 11.0. The Hall–Kier alpha value is -0.620. The summed E-state index contributed by atoms with van der Waals surface area (Å²) >= 11 is 1.01. The van der Waals surface area contributed by atoms with E-state index in [0.717, 1.165) is 11.8 Å². The van der Waals surface area contributed by atoms with E-state index >= 15 is 0 Å². The Labute approximate surface area is 169 Å². The Morgan fingerprint density at radius 3 is 2.31 bits per heavy atom. The monoisotopic (exact) mass is 445 g/mol. The van der Waals surface area contributed by atoms with Gasteiger partial charge in [-0.05, 0) is 0 Å². The Bertz CT molecular complexity index is 541. The molecule has 0 bridgehead atoms. The van der Waals surface area contributed by atoms with Crippen molar-refractivity contribution < 1.29 is 60.2 Å². The minimum atomic E-state index is -1.87. The molecule has 0 spiro atoms. The molecule has 13 nitrogen and oxygen atoms in total. The van der Waals surface area contributed by atoms with E-state index in [-0.39, 0.29) is 5.75 Å². The summed E-state index contributed by atoms with van der Waals surface area (Å²) in [5.74, 6) is -1.03. The molecule has 29 heavy (non-hydrogen) atoms. The van der Waals surface area contributed by atoms with Crippen molar-refractivity contribution >= 4 is 17.7 Å². The van der Waals surface area contributed by atoms with E-state index in [1.165, 1.54) is 0 Å². The zero-order valence-electron chi connectivity index (χ0n) is 15.1. The van der Waals surface area contributed by atoms with Gasteiger partial charge < -0.3 is 55.4 Å². The van der Waals surface area contributed by atoms with Crippen LogP contribution in [-0.2, 0) is 14.3 Å². The molecule has 2 saturated heterocycles. The quantitative estimate of drug-likeness (QED) is 0.159. The first-order valence-corrected chi connectivity index (χ1v) is 9.88. The molecule has 0 saturated carbocycles. The largest absolute Gasteiger partial charge is 0.480 e. The molecule has 0 aromatic carbocycles. The molecule has 11 atom stereocenters. The maximum absolute atomic E-state index is 11.0. The van der Waals surface area contributed by atoms with Crippen LogP contribution in [0.5, 0.6) is 0 Å². The summed E-state index contributed by atoms with van der Waals surface area (Å²) in [6.45, 7) is -1.64. The molecule has 7 unspecified atom stereocenters. The van der Waals surface area contributed by atoms with Gasteiger partial charge in [0, 0.05) is 5.75 Å². The fourth-order valence-corrected chi connectivity index (χ4v) is 4.30. The zero-order valence-corrected chi connectivity index (χ0v) is 15.9. The summed E-state index contributed by atoms with van der Waals surface area (Å²) in [5.41, 5.74) is 0. The third kappa shape index (κ3) is 5.55. The Morgan fingerprint density at radius 2 is 1.79 bits per heavy atom. The van der Waals surface area contributed by atoms with Crippen LogP contribution in [0.4, 0.5) is 0 Å². The minimum Gasteiger partial charge on any atom is -0.480 e. The van der Waals surface area contributed by atoms with Crippen LogP contribution in [0.2, 0.25) is 0 Å². The van der Waals surface area contributed by atoms with Gasteiger partial charge in [0.1, 0.15) is 54.9 Å². The fourth-order valence-electron chi connectivity index (χ4n) is 3.04. The highest BCUT2D eigenvalue weighted by Gasteiger charge is 2.48. The number of carboxylic acids is 1. The van der Waals surface area contributed by atoms with Crippen LogP contribution >= 0.6 is 11.8 Å². The summed E-state index contributed by atoms with van der Waals surface area (Å²) in [6, 6.07) is -0.959. The number of hydrogen-bond donors (Lipinski definition) is 10. The Morgan fingerprint density at radius 1 is 1.14 bits per heavy atom. The van der Waals surface area contributed by atoms with Gasteiger partial charge in [0.15, 0.2) is 6.29 Å². The molecule has 10 N–H and O–H groups in total. The molecule has 0 radical (unpaired) electrons. The summed E-state index contributed by atoms with van der Waals surface area (Å²) in [5, 5.41) is 89.6. The first-order valence-electron chi connectivity index (χ1n) is 8.83. The number of carbonyl (C=O) groups is 1. The third-order valence-corrected chi connectivity index (χ3v) is 6.11. The summed E-state index contributed by atoms with van der Waals surface area (Å²) in [6.07, 6.45) is -15.3. The molecule has 0 aromatic heterocycles. The number of aliphatic hydroxyl groups is 8. The van der Waals surface area contributed by atoms with Gasteiger partial charge in [0.25, 0.3) is 0 Å². The van der Waals surface area contributed by atoms with Gasteiger partial charge in [-0.2, -0.15) is 0 Å². The lowest BCUT2D eigenvalue weighted by atomic mass is 9.98. The Kier molecular flexibility index (Phi) is 9.02. The van der Waals surface area contributed by atoms with Gasteiger partial charge in [-0.1, -0.05) is 0 Å². The molecule has 2 aliphatic heterocycles. The first-order chi connectivity index (χ1) is 13.6. The molecule has 2 rings (SSSR count). The van der Waals surface area contributed by atoms with Crippen molar-refractivity contribution in [3.8, 4) is 0 Å². The van der Waals surface area contributed by atoms with Crippen molar-refractivity contribution in [3.63, 3.8) is 0 Å². The highest BCUT2D eigenvalue weighted by atomic mass is 32.2. The smallest absolute Gasteiger partial charge is 0.321 e. The van der Waals surface area contributed by atoms with Crippen molar-refractivity contribution in [1.82, 2.24) is 5.32 Å². The topological polar surface area (TPSA) is 230 Å². The van der Waals surface area contributed by atoms with Gasteiger partial charge in [-0.25, -0.2) is 0 Å². The van der Waals surface area contributed by atoms with Gasteiger partial charge in [0.2, 0.25) is 0 Å². The van der Waals surface area contributed by atoms with Crippen LogP contribution in [0.3, 0.4) is 0 Å². The van der Waals surface area contributed by atoms with Crippen LogP contribution in [0, 0.1) is 0 Å². The van der Waals surface area contributed by atoms with Crippen LogP contribution in [-0.4, -0.2) is 137 Å². The lowest BCUT2D eigenvalue weighted by Crippen LogP contribution is -2.62. The van der Waals surface area contributed by atoms with E-state index in [0.29, 0.717) is 0 Å². The van der Waals surface area contributed by atoms with E-state index in [1.807, 2.05) is 0 Å². The number of ether oxygens (including phenoxy) is 2. The number of thioether (sulfide) groups is 1. The Balaban J connectivity index is 2.11. The van der Waals surface area contributed by atoms with Crippen LogP contribution in [0.15, 0.2) is 0 Å². The van der Waals surface area contributed by atoms with Crippen molar-refractivity contribution in [3.05, 3.63) is 0 Å². The molecule has 2 fully saturated rings. The predicted molar refractivity (Wildman–Crippen MR) is 94.6 cm³/mol. The van der Waals surface area contributed by atoms with Gasteiger partial charge in [-0.3, -0.25) is 10.1 Å². The zero-order chi connectivity index (χ0) is 21.9. The summed E-state index contributed by atoms with van der Waals surface area (Å²) in [4.78, 5) is 11.0. The molecule has 2 heterocycles. The number of aliphatic hydroxyl groups excluding tert-OH is 8. The number of aliphatic carboxylic acids is 1. The number of hydrogen-bond acceptors (Lipinski definition) is 13. The van der Waals surface area contributed by atoms with Crippen molar-refractivity contribution in [2.75, 3.05) is 19.0 Å². The molecular formula is C15H27NO12S. The molecule has 0 amide bonds. The second kappa shape index (κ2) is 10.6. The number of nitrogens with one attached hydrogen (secondary N) is 1. The van der Waals surface area contributed by atoms with Gasteiger partial charge >= 0.3 is 5.97 Å². The molecular weight excluding hydrogens is 418 g/mol. The average molecular weight is 445 g/mol. The van der Waals surface area contributed by atoms with Crippen LogP contribution in [0.1, 0.15) is 0 Å². The van der Waals surface area contributed by atoms with Crippen LogP contribution in [0.25, 0.3) is 0 Å². The predicted octanol–water partition coefficient (Wildman–Crippen LogP) is -5.64. The lowest BCUT2D eigenvalue weighted by Gasteiger charge is -2.42. The number of carboxylic acid groups (broad SMARTS) is 1. The fraction of sp³-hybridized carbons (Fsp3) is 0.933. The van der Waals surface area contributed by atoms with Gasteiger partial charge in [0.05, 0.1) is 18.6 Å². The van der Waals surface area contributed by atoms with E-state index in [4.69, 9.17) is 14.6 Å². The van der Waals surface area contributed by atoms with E-state index in [2.05, 4.69) is 5.32 Å². The molecule has 0 aromatic rings. The van der Waals surface area contributed by atoms with Crippen molar-refractivity contribution in [2.45, 2.75) is 66.5 Å². The first kappa shape index (κ1) is 24.6. The molecule has 2 aliphatic rings. The highest BCUT2D eigenvalue weighted by Crippen LogP contribution is 2.28. The van der Waals surface area contributed by atoms with Gasteiger partial charge in [-0.15, -0.1) is 11.8 Å². The van der Waals surface area contributed by atoms with Crippen LogP contribution < -0.4 is 5.32 Å². The maximum Gasteiger partial charge on any atom is 0.321 e. The SMILES string of the molecule is O=C(O)C1CSC(C(O)C(O)C(OC2O[C@H](CO)[C@@H](O)[C@H](O)[C@H]2O)C(O)CO)N1.